The minimum Gasteiger partial charge on any atom is -0.309 e. The summed E-state index contributed by atoms with van der Waals surface area (Å²) in [5, 5.41) is 11.6. The Balaban J connectivity index is 1.21. The van der Waals surface area contributed by atoms with Crippen LogP contribution in [0.4, 0.5) is 0 Å². The van der Waals surface area contributed by atoms with Crippen molar-refractivity contribution in [3.63, 3.8) is 0 Å². The number of aromatic nitrogens is 2. The molecule has 2 aromatic heterocycles. The van der Waals surface area contributed by atoms with Crippen LogP contribution in [0.3, 0.4) is 0 Å². The van der Waals surface area contributed by atoms with E-state index in [1.54, 1.807) is 0 Å². The van der Waals surface area contributed by atoms with Crippen LogP contribution in [0.1, 0.15) is 0 Å². The van der Waals surface area contributed by atoms with Crippen LogP contribution in [-0.2, 0) is 0 Å². The molecule has 0 N–H and O–H groups in total. The zero-order valence-electron chi connectivity index (χ0n) is 27.2. The number of hydrogen-bond acceptors (Lipinski definition) is 0. The Morgan fingerprint density at radius 2 is 0.940 bits per heavy atom. The third-order valence-corrected chi connectivity index (χ3v) is 10.6. The second-order valence-electron chi connectivity index (χ2n) is 13.3. The summed E-state index contributed by atoms with van der Waals surface area (Å²) in [5.74, 6) is 0. The zero-order chi connectivity index (χ0) is 32.8. The van der Waals surface area contributed by atoms with Crippen LogP contribution in [0.15, 0.2) is 182 Å². The summed E-state index contributed by atoms with van der Waals surface area (Å²) in [6, 6.07) is 66.7. The largest absolute Gasteiger partial charge is 0.309 e. The Labute approximate surface area is 289 Å². The van der Waals surface area contributed by atoms with E-state index in [-0.39, 0.29) is 0 Å². The maximum absolute atomic E-state index is 2.48. The third kappa shape index (κ3) is 3.85. The molecular formula is C48H30N2. The van der Waals surface area contributed by atoms with Gasteiger partial charge in [0.15, 0.2) is 0 Å². The second-order valence-corrected chi connectivity index (χ2v) is 13.3. The number of para-hydroxylation sites is 2. The van der Waals surface area contributed by atoms with Crippen LogP contribution in [0.25, 0.3) is 98.8 Å². The summed E-state index contributed by atoms with van der Waals surface area (Å²) in [6.45, 7) is 0. The van der Waals surface area contributed by atoms with Gasteiger partial charge in [-0.25, -0.2) is 0 Å². The van der Waals surface area contributed by atoms with Crippen molar-refractivity contribution in [3.05, 3.63) is 182 Å². The first-order valence-electron chi connectivity index (χ1n) is 17.3. The molecule has 0 saturated heterocycles. The predicted octanol–water partition coefficient (Wildman–Crippen LogP) is 13.0. The highest BCUT2D eigenvalue weighted by Gasteiger charge is 2.21. The van der Waals surface area contributed by atoms with E-state index in [2.05, 4.69) is 191 Å². The van der Waals surface area contributed by atoms with Gasteiger partial charge in [-0.2, -0.15) is 0 Å². The molecule has 0 fully saturated rings. The number of nitrogens with zero attached hydrogens (tertiary/aromatic N) is 2. The van der Waals surface area contributed by atoms with E-state index in [1.807, 2.05) is 0 Å². The minimum atomic E-state index is 1.15. The molecule has 11 aromatic rings. The van der Waals surface area contributed by atoms with Crippen molar-refractivity contribution in [2.24, 2.45) is 0 Å². The molecule has 2 heterocycles. The highest BCUT2D eigenvalue weighted by molar-refractivity contribution is 6.25. The molecule has 232 valence electrons. The van der Waals surface area contributed by atoms with Gasteiger partial charge in [-0.05, 0) is 91.5 Å². The molecular weight excluding hydrogens is 605 g/mol. The molecule has 0 aliphatic carbocycles. The summed E-state index contributed by atoms with van der Waals surface area (Å²) in [7, 11) is 0. The van der Waals surface area contributed by atoms with E-state index < -0.39 is 0 Å². The number of benzene rings is 9. The van der Waals surface area contributed by atoms with Gasteiger partial charge in [0, 0.05) is 27.5 Å². The molecule has 0 atom stereocenters. The maximum atomic E-state index is 2.48. The molecule has 50 heavy (non-hydrogen) atoms. The first-order chi connectivity index (χ1) is 24.8. The van der Waals surface area contributed by atoms with Gasteiger partial charge in [0.05, 0.1) is 22.2 Å². The van der Waals surface area contributed by atoms with Crippen molar-refractivity contribution < 1.29 is 0 Å². The lowest BCUT2D eigenvalue weighted by Crippen LogP contribution is -1.97. The maximum Gasteiger partial charge on any atom is 0.0635 e. The Bertz CT molecular complexity index is 3060. The third-order valence-electron chi connectivity index (χ3n) is 10.6. The fourth-order valence-electron chi connectivity index (χ4n) is 8.49. The van der Waals surface area contributed by atoms with Gasteiger partial charge < -0.3 is 9.13 Å². The van der Waals surface area contributed by atoms with E-state index in [1.165, 1.54) is 87.4 Å². The fraction of sp³-hybridized carbons (Fsp3) is 0. The Hall–Kier alpha value is -6.64. The quantitative estimate of drug-likeness (QED) is 0.171. The predicted molar refractivity (Wildman–Crippen MR) is 212 cm³/mol. The van der Waals surface area contributed by atoms with Crippen molar-refractivity contribution in [1.82, 2.24) is 9.13 Å². The summed E-state index contributed by atoms with van der Waals surface area (Å²) >= 11 is 0. The lowest BCUT2D eigenvalue weighted by atomic mass is 9.90. The average molecular weight is 635 g/mol. The van der Waals surface area contributed by atoms with Gasteiger partial charge >= 0.3 is 0 Å². The summed E-state index contributed by atoms with van der Waals surface area (Å²) in [4.78, 5) is 0. The van der Waals surface area contributed by atoms with Gasteiger partial charge in [0.1, 0.15) is 0 Å². The second kappa shape index (κ2) is 10.4. The smallest absolute Gasteiger partial charge is 0.0635 e. The minimum absolute atomic E-state index is 1.15. The van der Waals surface area contributed by atoms with Crippen LogP contribution >= 0.6 is 0 Å². The lowest BCUT2D eigenvalue weighted by Gasteiger charge is -2.15. The van der Waals surface area contributed by atoms with E-state index in [0.717, 1.165) is 11.4 Å². The molecule has 0 saturated carbocycles. The Kier molecular flexibility index (Phi) is 5.70. The SMILES string of the molecule is c1ccc(-c2cc3c(ccc4c5ccccc5n(-c5cccc(-c6ccc7ccc8cccc9ccc6c7c89)c5)c43)n2-c2ccccc2)cc1. The Morgan fingerprint density at radius 3 is 1.78 bits per heavy atom. The zero-order valence-corrected chi connectivity index (χ0v) is 27.2. The van der Waals surface area contributed by atoms with Gasteiger partial charge in [-0.1, -0.05) is 140 Å². The van der Waals surface area contributed by atoms with Gasteiger partial charge in [0.25, 0.3) is 0 Å². The number of fused-ring (bicyclic) bond motifs is 5. The topological polar surface area (TPSA) is 9.86 Å². The van der Waals surface area contributed by atoms with Crippen molar-refractivity contribution in [2.45, 2.75) is 0 Å². The fourth-order valence-corrected chi connectivity index (χ4v) is 8.49. The van der Waals surface area contributed by atoms with E-state index >= 15 is 0 Å². The molecule has 11 rings (SSSR count). The molecule has 9 aromatic carbocycles. The summed E-state index contributed by atoms with van der Waals surface area (Å²) < 4.78 is 4.89. The monoisotopic (exact) mass is 634 g/mol. The first-order valence-corrected chi connectivity index (χ1v) is 17.3. The van der Waals surface area contributed by atoms with Crippen LogP contribution in [-0.4, -0.2) is 9.13 Å². The van der Waals surface area contributed by atoms with Crippen molar-refractivity contribution in [2.75, 3.05) is 0 Å². The summed E-state index contributed by atoms with van der Waals surface area (Å²) in [5.41, 5.74) is 10.8. The van der Waals surface area contributed by atoms with Crippen LogP contribution in [0.2, 0.25) is 0 Å². The summed E-state index contributed by atoms with van der Waals surface area (Å²) in [6.07, 6.45) is 0. The van der Waals surface area contributed by atoms with Crippen molar-refractivity contribution >= 4 is 65.0 Å². The standard InChI is InChI=1S/C48H30N2/c1-3-11-31(12-4-1)45-30-42-44(49(45)36-16-5-2-6-17-36)28-27-41-39-19-7-8-20-43(39)50(48(41)42)37-18-10-15-35(29-37)38-25-23-34-22-21-32-13-9-14-33-24-26-40(38)47(34)46(32)33/h1-30H. The van der Waals surface area contributed by atoms with Crippen molar-refractivity contribution in [1.29, 1.82) is 0 Å². The molecule has 0 spiro atoms. The molecule has 0 unspecified atom stereocenters. The normalized spacial score (nSPS) is 12.0. The highest BCUT2D eigenvalue weighted by Crippen LogP contribution is 2.43. The number of hydrogen-bond donors (Lipinski definition) is 0. The first kappa shape index (κ1) is 27.3. The van der Waals surface area contributed by atoms with E-state index in [0.29, 0.717) is 0 Å². The van der Waals surface area contributed by atoms with Crippen LogP contribution in [0.5, 0.6) is 0 Å². The van der Waals surface area contributed by atoms with Gasteiger partial charge in [-0.15, -0.1) is 0 Å². The Morgan fingerprint density at radius 1 is 0.320 bits per heavy atom. The van der Waals surface area contributed by atoms with Crippen LogP contribution in [0, 0.1) is 0 Å². The molecule has 2 heteroatoms. The number of rotatable bonds is 4. The van der Waals surface area contributed by atoms with E-state index in [9.17, 15) is 0 Å². The highest BCUT2D eigenvalue weighted by atomic mass is 15.0. The van der Waals surface area contributed by atoms with Crippen molar-refractivity contribution in [3.8, 4) is 33.8 Å². The average Bonchev–Trinajstić information content (AvgIpc) is 3.74. The van der Waals surface area contributed by atoms with E-state index in [4.69, 9.17) is 0 Å². The molecule has 0 aliphatic heterocycles. The molecule has 2 nitrogen and oxygen atoms in total. The van der Waals surface area contributed by atoms with Gasteiger partial charge in [-0.3, -0.25) is 0 Å². The van der Waals surface area contributed by atoms with Crippen LogP contribution < -0.4 is 0 Å². The van der Waals surface area contributed by atoms with Gasteiger partial charge in [0.2, 0.25) is 0 Å². The lowest BCUT2D eigenvalue weighted by molar-refractivity contribution is 1.13. The molecule has 0 aliphatic rings. The molecule has 0 amide bonds. The molecule has 0 radical (unpaired) electrons. The molecule has 0 bridgehead atoms.